The van der Waals surface area contributed by atoms with E-state index in [2.05, 4.69) is 15.5 Å². The summed E-state index contributed by atoms with van der Waals surface area (Å²) in [6.07, 6.45) is 0. The Hall–Kier alpha value is -3.52. The molecule has 3 rings (SSSR count). The third-order valence-corrected chi connectivity index (χ3v) is 4.35. The van der Waals surface area contributed by atoms with Crippen molar-refractivity contribution in [3.05, 3.63) is 80.9 Å². The number of aryl methyl sites for hydroxylation is 1. The molecule has 0 saturated heterocycles. The van der Waals surface area contributed by atoms with Crippen LogP contribution in [-0.2, 0) is 0 Å². The van der Waals surface area contributed by atoms with E-state index in [0.29, 0.717) is 5.88 Å². The van der Waals surface area contributed by atoms with Crippen molar-refractivity contribution in [2.75, 3.05) is 13.2 Å². The van der Waals surface area contributed by atoms with Crippen LogP contribution in [0, 0.1) is 17.0 Å². The molecule has 0 atom stereocenters. The molecular weight excluding hydrogens is 396 g/mol. The molecule has 9 heteroatoms. The van der Waals surface area contributed by atoms with E-state index in [1.807, 2.05) is 31.2 Å². The zero-order valence-corrected chi connectivity index (χ0v) is 16.2. The lowest BCUT2D eigenvalue weighted by Gasteiger charge is -2.08. The zero-order valence-electron chi connectivity index (χ0n) is 15.5. The molecule has 0 saturated carbocycles. The summed E-state index contributed by atoms with van der Waals surface area (Å²) < 4.78 is 5.47. The maximum Gasteiger partial charge on any atom is 0.288 e. The van der Waals surface area contributed by atoms with Crippen molar-refractivity contribution in [2.45, 2.75) is 6.92 Å². The second-order valence-corrected chi connectivity index (χ2v) is 6.56. The number of nitrogens with zero attached hydrogens (tertiary/aromatic N) is 3. The van der Waals surface area contributed by atoms with Crippen molar-refractivity contribution < 1.29 is 14.5 Å². The third-order valence-electron chi connectivity index (χ3n) is 4.03. The topological polar surface area (TPSA) is 107 Å². The number of benzene rings is 2. The number of ether oxygens (including phenoxy) is 1. The fraction of sp³-hybridized carbons (Fsp3) is 0.150. The summed E-state index contributed by atoms with van der Waals surface area (Å²) in [5.41, 5.74) is 2.67. The summed E-state index contributed by atoms with van der Waals surface area (Å²) in [7, 11) is 0. The monoisotopic (exact) mass is 412 g/mol. The Kier molecular flexibility index (Phi) is 6.36. The Labute approximate surface area is 171 Å². The fourth-order valence-corrected chi connectivity index (χ4v) is 2.68. The molecule has 1 aromatic heterocycles. The van der Waals surface area contributed by atoms with Gasteiger partial charge in [-0.25, -0.2) is 0 Å². The summed E-state index contributed by atoms with van der Waals surface area (Å²) in [4.78, 5) is 22.4. The van der Waals surface area contributed by atoms with Crippen LogP contribution in [0.15, 0.2) is 54.6 Å². The minimum atomic E-state index is -0.638. The van der Waals surface area contributed by atoms with Gasteiger partial charge in [0.1, 0.15) is 11.6 Å². The number of amides is 1. The lowest BCUT2D eigenvalue weighted by atomic mass is 10.1. The molecule has 0 aliphatic rings. The van der Waals surface area contributed by atoms with Crippen LogP contribution in [0.4, 0.5) is 5.69 Å². The number of nitro groups is 1. The summed E-state index contributed by atoms with van der Waals surface area (Å²) in [6.45, 7) is 2.37. The third kappa shape index (κ3) is 5.26. The molecular formula is C20H17ClN4O4. The SMILES string of the molecule is Cc1ccc(-c2ccc(OCCNC(=O)c3ccc(Cl)c([N+](=O)[O-])c3)nn2)cc1. The predicted octanol–water partition coefficient (Wildman–Crippen LogP) is 3.82. The van der Waals surface area contributed by atoms with Gasteiger partial charge in [0, 0.05) is 23.3 Å². The highest BCUT2D eigenvalue weighted by molar-refractivity contribution is 6.32. The van der Waals surface area contributed by atoms with E-state index in [-0.39, 0.29) is 29.4 Å². The molecule has 0 bridgehead atoms. The quantitative estimate of drug-likeness (QED) is 0.359. The Morgan fingerprint density at radius 2 is 1.90 bits per heavy atom. The average molecular weight is 413 g/mol. The van der Waals surface area contributed by atoms with Crippen LogP contribution in [0.5, 0.6) is 5.88 Å². The molecule has 3 aromatic rings. The lowest BCUT2D eigenvalue weighted by Crippen LogP contribution is -2.28. The first-order valence-electron chi connectivity index (χ1n) is 8.70. The molecule has 0 fully saturated rings. The van der Waals surface area contributed by atoms with Gasteiger partial charge < -0.3 is 10.1 Å². The smallest absolute Gasteiger partial charge is 0.288 e. The molecule has 1 N–H and O–H groups in total. The molecule has 1 amide bonds. The maximum atomic E-state index is 12.1. The van der Waals surface area contributed by atoms with Gasteiger partial charge in [0.2, 0.25) is 5.88 Å². The van der Waals surface area contributed by atoms with Crippen molar-refractivity contribution in [3.8, 4) is 17.1 Å². The number of nitro benzene ring substituents is 1. The molecule has 8 nitrogen and oxygen atoms in total. The summed E-state index contributed by atoms with van der Waals surface area (Å²) >= 11 is 5.74. The second-order valence-electron chi connectivity index (χ2n) is 6.15. The Bertz CT molecular complexity index is 1020. The van der Waals surface area contributed by atoms with E-state index in [9.17, 15) is 14.9 Å². The molecule has 0 spiro atoms. The fourth-order valence-electron chi connectivity index (χ4n) is 2.49. The molecule has 2 aromatic carbocycles. The number of carbonyl (C=O) groups excluding carboxylic acids is 1. The maximum absolute atomic E-state index is 12.1. The van der Waals surface area contributed by atoms with Crippen molar-refractivity contribution in [2.24, 2.45) is 0 Å². The van der Waals surface area contributed by atoms with Crippen LogP contribution in [-0.4, -0.2) is 34.2 Å². The van der Waals surface area contributed by atoms with Gasteiger partial charge in [0.15, 0.2) is 0 Å². The first-order chi connectivity index (χ1) is 13.9. The van der Waals surface area contributed by atoms with Crippen LogP contribution in [0.25, 0.3) is 11.3 Å². The van der Waals surface area contributed by atoms with Crippen molar-refractivity contribution in [1.29, 1.82) is 0 Å². The van der Waals surface area contributed by atoms with Gasteiger partial charge in [0.05, 0.1) is 17.2 Å². The van der Waals surface area contributed by atoms with Crippen molar-refractivity contribution >= 4 is 23.2 Å². The second kappa shape index (κ2) is 9.11. The van der Waals surface area contributed by atoms with Gasteiger partial charge in [-0.3, -0.25) is 14.9 Å². The Balaban J connectivity index is 1.50. The first-order valence-corrected chi connectivity index (χ1v) is 9.07. The van der Waals surface area contributed by atoms with Gasteiger partial charge in [-0.2, -0.15) is 0 Å². The number of rotatable bonds is 7. The largest absolute Gasteiger partial charge is 0.475 e. The summed E-state index contributed by atoms with van der Waals surface area (Å²) in [5, 5.41) is 21.6. The van der Waals surface area contributed by atoms with Crippen LogP contribution in [0.1, 0.15) is 15.9 Å². The van der Waals surface area contributed by atoms with Gasteiger partial charge in [0.25, 0.3) is 11.6 Å². The molecule has 0 aliphatic heterocycles. The highest BCUT2D eigenvalue weighted by atomic mass is 35.5. The Morgan fingerprint density at radius 1 is 1.14 bits per heavy atom. The number of halogens is 1. The summed E-state index contributed by atoms with van der Waals surface area (Å²) in [5.74, 6) is -0.133. The van der Waals surface area contributed by atoms with E-state index in [1.165, 1.54) is 12.1 Å². The van der Waals surface area contributed by atoms with Gasteiger partial charge in [-0.15, -0.1) is 10.2 Å². The number of carbonyl (C=O) groups is 1. The molecule has 0 unspecified atom stereocenters. The van der Waals surface area contributed by atoms with E-state index in [0.717, 1.165) is 22.9 Å². The highest BCUT2D eigenvalue weighted by Gasteiger charge is 2.16. The Morgan fingerprint density at radius 3 is 2.55 bits per heavy atom. The number of hydrogen-bond acceptors (Lipinski definition) is 6. The van der Waals surface area contributed by atoms with E-state index >= 15 is 0 Å². The van der Waals surface area contributed by atoms with E-state index in [1.54, 1.807) is 12.1 Å². The van der Waals surface area contributed by atoms with Gasteiger partial charge >= 0.3 is 0 Å². The number of aromatic nitrogens is 2. The molecule has 0 aliphatic carbocycles. The van der Waals surface area contributed by atoms with Gasteiger partial charge in [-0.1, -0.05) is 41.4 Å². The minimum Gasteiger partial charge on any atom is -0.475 e. The highest BCUT2D eigenvalue weighted by Crippen LogP contribution is 2.25. The zero-order chi connectivity index (χ0) is 20.8. The van der Waals surface area contributed by atoms with E-state index in [4.69, 9.17) is 16.3 Å². The first kappa shape index (κ1) is 20.2. The number of nitrogens with one attached hydrogen (secondary N) is 1. The normalized spacial score (nSPS) is 10.4. The summed E-state index contributed by atoms with van der Waals surface area (Å²) in [6, 6.07) is 15.3. The molecule has 1 heterocycles. The number of hydrogen-bond donors (Lipinski definition) is 1. The predicted molar refractivity (Wildman–Crippen MR) is 108 cm³/mol. The van der Waals surface area contributed by atoms with E-state index < -0.39 is 10.8 Å². The standard InChI is InChI=1S/C20H17ClN4O4/c1-13-2-4-14(5-3-13)17-8-9-19(24-23-17)29-11-10-22-20(26)15-6-7-16(21)18(12-15)25(27)28/h2-9,12H,10-11H2,1H3,(H,22,26). The van der Waals surface area contributed by atoms with Crippen LogP contribution in [0.3, 0.4) is 0 Å². The van der Waals surface area contributed by atoms with Crippen LogP contribution in [0.2, 0.25) is 5.02 Å². The van der Waals surface area contributed by atoms with Crippen LogP contribution >= 0.6 is 11.6 Å². The van der Waals surface area contributed by atoms with Crippen molar-refractivity contribution in [3.63, 3.8) is 0 Å². The molecule has 29 heavy (non-hydrogen) atoms. The van der Waals surface area contributed by atoms with Crippen molar-refractivity contribution in [1.82, 2.24) is 15.5 Å². The lowest BCUT2D eigenvalue weighted by molar-refractivity contribution is -0.384. The molecule has 148 valence electrons. The average Bonchev–Trinajstić information content (AvgIpc) is 2.72. The van der Waals surface area contributed by atoms with Crippen LogP contribution < -0.4 is 10.1 Å². The van der Waals surface area contributed by atoms with Gasteiger partial charge in [-0.05, 0) is 25.1 Å². The minimum absolute atomic E-state index is 0.0254. The molecule has 0 radical (unpaired) electrons.